The lowest BCUT2D eigenvalue weighted by atomic mass is 10.0. The largest absolute Gasteiger partial charge is 0.453 e. The topological polar surface area (TPSA) is 193 Å². The van der Waals surface area contributed by atoms with Crippen molar-refractivity contribution in [2.45, 2.75) is 94.5 Å². The molecule has 0 spiro atoms. The van der Waals surface area contributed by atoms with Gasteiger partial charge in [-0.25, -0.2) is 19.6 Å². The molecule has 0 aliphatic carbocycles. The van der Waals surface area contributed by atoms with Crippen molar-refractivity contribution < 1.29 is 33.4 Å². The maximum absolute atomic E-state index is 13.5. The molecule has 6 rings (SSSR count). The van der Waals surface area contributed by atoms with Crippen LogP contribution >= 0.6 is 23.1 Å². The minimum absolute atomic E-state index is 0.113. The van der Waals surface area contributed by atoms with Crippen molar-refractivity contribution in [1.82, 2.24) is 40.0 Å². The van der Waals surface area contributed by atoms with Crippen LogP contribution in [0.4, 0.5) is 15.4 Å². The number of aromatic amines is 1. The molecule has 16 nitrogen and oxygen atoms in total. The normalized spacial score (nSPS) is 20.7. The zero-order valence-corrected chi connectivity index (χ0v) is 32.3. The minimum atomic E-state index is -0.803. The first-order chi connectivity index (χ1) is 25.4. The lowest BCUT2D eigenvalue weighted by molar-refractivity contribution is -0.139. The summed E-state index contributed by atoms with van der Waals surface area (Å²) >= 11 is 3.29. The number of carbonyl (C=O) groups excluding carboxylic acids is 5. The van der Waals surface area contributed by atoms with Gasteiger partial charge in [0, 0.05) is 30.7 Å². The van der Waals surface area contributed by atoms with E-state index in [1.165, 1.54) is 24.0 Å². The average molecular weight is 770 g/mol. The van der Waals surface area contributed by atoms with E-state index >= 15 is 0 Å². The summed E-state index contributed by atoms with van der Waals surface area (Å²) in [6.45, 7) is 9.14. The fourth-order valence-corrected chi connectivity index (χ4v) is 9.39. The van der Waals surface area contributed by atoms with E-state index in [0.717, 1.165) is 28.6 Å². The first kappa shape index (κ1) is 38.2. The standard InChI is InChI=1S/C35H47N9O7S2/c1-18(2)27(40-34(48)50-5)31(46)43-13-7-9-21(43)29-36-15-20(37-29)23-11-12-24(52-23)25-16-42-17-26(39-33(42)53-25)38-30(45)22-10-8-14-44(22)32(47)28(19(3)4)41-35(49)51-6/h11-12,15,17-19,21-22,25,27-28H,7-10,13-14,16H2,1-6H3,(H,36,37)(H,38,45)(H,40,48)(H,41,49)/t21-,22-,25?,27-,28-/m0/s1. The van der Waals surface area contributed by atoms with E-state index in [2.05, 4.69) is 43.0 Å². The highest BCUT2D eigenvalue weighted by Crippen LogP contribution is 2.46. The van der Waals surface area contributed by atoms with Crippen LogP contribution in [0, 0.1) is 11.8 Å². The predicted molar refractivity (Wildman–Crippen MR) is 198 cm³/mol. The number of hydrogen-bond acceptors (Lipinski definition) is 11. The van der Waals surface area contributed by atoms with Gasteiger partial charge in [-0.3, -0.25) is 14.4 Å². The molecule has 0 saturated carbocycles. The fraction of sp³-hybridized carbons (Fsp3) is 0.571. The molecule has 1 unspecified atom stereocenters. The number of nitrogens with one attached hydrogen (secondary N) is 4. The highest BCUT2D eigenvalue weighted by molar-refractivity contribution is 7.99. The molecule has 18 heteroatoms. The maximum atomic E-state index is 13.5. The van der Waals surface area contributed by atoms with Crippen LogP contribution in [0.1, 0.15) is 75.4 Å². The molecule has 2 fully saturated rings. The Morgan fingerprint density at radius 1 is 0.906 bits per heavy atom. The van der Waals surface area contributed by atoms with Gasteiger partial charge in [-0.05, 0) is 49.7 Å². The van der Waals surface area contributed by atoms with Gasteiger partial charge in [-0.1, -0.05) is 39.5 Å². The van der Waals surface area contributed by atoms with Crippen LogP contribution in [0.15, 0.2) is 29.7 Å². The summed E-state index contributed by atoms with van der Waals surface area (Å²) in [5.41, 5.74) is 0.870. The van der Waals surface area contributed by atoms with Gasteiger partial charge in [0.1, 0.15) is 23.9 Å². The van der Waals surface area contributed by atoms with Crippen molar-refractivity contribution >= 4 is 58.8 Å². The number of aromatic nitrogens is 4. The number of imidazole rings is 2. The molecular formula is C35H47N9O7S2. The quantitative estimate of drug-likeness (QED) is 0.215. The molecule has 0 aromatic carbocycles. The fourth-order valence-electron chi connectivity index (χ4n) is 7.06. The maximum Gasteiger partial charge on any atom is 0.407 e. The third-order valence-corrected chi connectivity index (χ3v) is 12.5. The average Bonchev–Trinajstić information content (AvgIpc) is 3.97. The van der Waals surface area contributed by atoms with Crippen LogP contribution in [0.5, 0.6) is 0 Å². The van der Waals surface area contributed by atoms with Crippen molar-refractivity contribution in [1.29, 1.82) is 0 Å². The number of methoxy groups -OCH3 is 2. The Hall–Kier alpha value is -4.58. The lowest BCUT2D eigenvalue weighted by Crippen LogP contribution is -2.54. The Balaban J connectivity index is 1.06. The summed E-state index contributed by atoms with van der Waals surface area (Å²) in [7, 11) is 2.53. The second-order valence-corrected chi connectivity index (χ2v) is 16.4. The van der Waals surface area contributed by atoms with Gasteiger partial charge in [-0.2, -0.15) is 0 Å². The van der Waals surface area contributed by atoms with Crippen molar-refractivity contribution in [3.05, 3.63) is 35.2 Å². The number of ether oxygens (including phenoxy) is 2. The third kappa shape index (κ3) is 8.17. The molecule has 3 aliphatic rings. The Morgan fingerprint density at radius 2 is 1.55 bits per heavy atom. The molecule has 53 heavy (non-hydrogen) atoms. The smallest absolute Gasteiger partial charge is 0.407 e. The number of alkyl carbamates (subject to hydrolysis) is 2. The van der Waals surface area contributed by atoms with Gasteiger partial charge < -0.3 is 44.8 Å². The Morgan fingerprint density at radius 3 is 2.19 bits per heavy atom. The predicted octanol–water partition coefficient (Wildman–Crippen LogP) is 4.54. The van der Waals surface area contributed by atoms with E-state index in [0.29, 0.717) is 44.1 Å². The summed E-state index contributed by atoms with van der Waals surface area (Å²) in [4.78, 5) is 82.4. The number of rotatable bonds is 11. The van der Waals surface area contributed by atoms with Gasteiger partial charge in [0.15, 0.2) is 11.0 Å². The van der Waals surface area contributed by atoms with Crippen molar-refractivity contribution in [3.63, 3.8) is 0 Å². The number of H-pyrrole nitrogens is 1. The molecule has 5 amide bonds. The van der Waals surface area contributed by atoms with Crippen LogP contribution in [-0.4, -0.2) is 105 Å². The van der Waals surface area contributed by atoms with Crippen LogP contribution in [-0.2, 0) is 30.4 Å². The summed E-state index contributed by atoms with van der Waals surface area (Å²) in [6, 6.07) is 1.79. The molecule has 5 atom stereocenters. The number of amides is 5. The number of hydrogen-bond donors (Lipinski definition) is 4. The van der Waals surface area contributed by atoms with Gasteiger partial charge in [0.2, 0.25) is 17.7 Å². The Labute approximate surface area is 316 Å². The Kier molecular flexibility index (Phi) is 11.7. The SMILES string of the molecule is COC(=O)N[C@H](C(=O)N1CCC[C@H]1C(=O)Nc1cn2c(n1)SC(c1ccc(-c3cnc([C@@H]4CCCN4C(=O)[C@@H](NC(=O)OC)C(C)C)[nH]3)s1)C2)C(C)C. The van der Waals surface area contributed by atoms with E-state index in [4.69, 9.17) is 9.47 Å². The summed E-state index contributed by atoms with van der Waals surface area (Å²) in [5, 5.41) is 9.13. The minimum Gasteiger partial charge on any atom is -0.453 e. The zero-order chi connectivity index (χ0) is 38.0. The lowest BCUT2D eigenvalue weighted by Gasteiger charge is -2.30. The number of carbonyl (C=O) groups is 5. The second-order valence-electron chi connectivity index (χ2n) is 14.1. The van der Waals surface area contributed by atoms with Crippen molar-refractivity contribution in [2.24, 2.45) is 11.8 Å². The van der Waals surface area contributed by atoms with E-state index in [1.807, 2.05) is 38.5 Å². The molecule has 2 saturated heterocycles. The number of likely N-dealkylation sites (tertiary alicyclic amines) is 2. The van der Waals surface area contributed by atoms with Crippen molar-refractivity contribution in [2.75, 3.05) is 32.6 Å². The molecule has 3 aromatic rings. The van der Waals surface area contributed by atoms with E-state index in [1.54, 1.807) is 34.2 Å². The van der Waals surface area contributed by atoms with Crippen LogP contribution in [0.2, 0.25) is 0 Å². The van der Waals surface area contributed by atoms with Gasteiger partial charge in [-0.15, -0.1) is 11.3 Å². The van der Waals surface area contributed by atoms with Gasteiger partial charge in [0.25, 0.3) is 0 Å². The number of fused-ring (bicyclic) bond motifs is 1. The molecule has 3 aromatic heterocycles. The first-order valence-corrected chi connectivity index (χ1v) is 19.6. The Bertz CT molecular complexity index is 1810. The molecule has 0 radical (unpaired) electrons. The number of thioether (sulfide) groups is 1. The number of thiophene rings is 1. The molecule has 4 N–H and O–H groups in total. The van der Waals surface area contributed by atoms with Gasteiger partial charge in [0.05, 0.1) is 42.3 Å². The zero-order valence-electron chi connectivity index (χ0n) is 30.7. The molecular weight excluding hydrogens is 723 g/mol. The van der Waals surface area contributed by atoms with Crippen LogP contribution in [0.3, 0.4) is 0 Å². The number of nitrogens with zero attached hydrogens (tertiary/aromatic N) is 5. The highest BCUT2D eigenvalue weighted by Gasteiger charge is 2.40. The van der Waals surface area contributed by atoms with Crippen LogP contribution < -0.4 is 16.0 Å². The molecule has 6 heterocycles. The van der Waals surface area contributed by atoms with E-state index < -0.39 is 30.3 Å². The third-order valence-electron chi connectivity index (χ3n) is 9.88. The second kappa shape index (κ2) is 16.2. The van der Waals surface area contributed by atoms with E-state index in [-0.39, 0.29) is 40.8 Å². The van der Waals surface area contributed by atoms with E-state index in [9.17, 15) is 24.0 Å². The van der Waals surface area contributed by atoms with Gasteiger partial charge >= 0.3 is 12.2 Å². The highest BCUT2D eigenvalue weighted by atomic mass is 32.2. The monoisotopic (exact) mass is 769 g/mol. The van der Waals surface area contributed by atoms with Crippen molar-refractivity contribution in [3.8, 4) is 10.6 Å². The molecule has 286 valence electrons. The molecule has 0 bridgehead atoms. The van der Waals surface area contributed by atoms with Crippen LogP contribution in [0.25, 0.3) is 10.6 Å². The summed E-state index contributed by atoms with van der Waals surface area (Å²) < 4.78 is 11.5. The summed E-state index contributed by atoms with van der Waals surface area (Å²) in [6.07, 6.45) is 5.12. The first-order valence-electron chi connectivity index (χ1n) is 17.9. The number of anilines is 1. The summed E-state index contributed by atoms with van der Waals surface area (Å²) in [5.74, 6) is 0.0794. The molecule has 3 aliphatic heterocycles.